The van der Waals surface area contributed by atoms with Gasteiger partial charge in [0.2, 0.25) is 0 Å². The van der Waals surface area contributed by atoms with Gasteiger partial charge in [-0.05, 0) is 242 Å². The highest BCUT2D eigenvalue weighted by atomic mass is 16.3. The summed E-state index contributed by atoms with van der Waals surface area (Å²) in [5.74, 6) is 0. The van der Waals surface area contributed by atoms with Crippen LogP contribution in [0.5, 0.6) is 0 Å². The van der Waals surface area contributed by atoms with E-state index in [1.54, 1.807) is 6.20 Å². The topological polar surface area (TPSA) is 52.3 Å². The van der Waals surface area contributed by atoms with E-state index in [-0.39, 0.29) is 0 Å². The molecule has 0 atom stereocenters. The number of fused-ring (bicyclic) bond motifs is 18. The highest BCUT2D eigenvalue weighted by Crippen LogP contribution is 2.53. The Morgan fingerprint density at radius 3 is 0.935 bits per heavy atom. The van der Waals surface area contributed by atoms with E-state index < -0.39 is 0 Å². The molecule has 22 aromatic carbocycles. The molecule has 0 saturated heterocycles. The molecule has 4 nitrogen and oxygen atoms in total. The van der Waals surface area contributed by atoms with E-state index in [9.17, 15) is 0 Å². The molecule has 4 heteroatoms. The monoisotopic (exact) mass is 1560 g/mol. The summed E-state index contributed by atoms with van der Waals surface area (Å²) in [4.78, 5) is 4.38. The van der Waals surface area contributed by atoms with E-state index in [0.717, 1.165) is 77.1 Å². The Morgan fingerprint density at radius 1 is 0.154 bits per heavy atom. The molecule has 0 fully saturated rings. The molecule has 0 aliphatic carbocycles. The van der Waals surface area contributed by atoms with Crippen LogP contribution in [-0.2, 0) is 0 Å². The molecule has 4 aromatic heterocycles. The molecule has 0 spiro atoms. The van der Waals surface area contributed by atoms with Crippen molar-refractivity contribution in [2.45, 2.75) is 0 Å². The maximum atomic E-state index is 6.62. The van der Waals surface area contributed by atoms with Crippen LogP contribution < -0.4 is 0 Å². The lowest BCUT2D eigenvalue weighted by molar-refractivity contribution is 0.668. The Bertz CT molecular complexity index is 8600. The van der Waals surface area contributed by atoms with E-state index in [2.05, 4.69) is 417 Å². The van der Waals surface area contributed by atoms with Crippen LogP contribution in [0.25, 0.3) is 252 Å². The van der Waals surface area contributed by atoms with Gasteiger partial charge in [-0.25, -0.2) is 0 Å². The molecule has 26 rings (SSSR count). The van der Waals surface area contributed by atoms with Crippen molar-refractivity contribution < 1.29 is 13.3 Å². The van der Waals surface area contributed by atoms with Gasteiger partial charge in [0.25, 0.3) is 0 Å². The number of aromatic nitrogens is 1. The zero-order valence-corrected chi connectivity index (χ0v) is 66.8. The number of hydrogen-bond donors (Lipinski definition) is 0. The Balaban J connectivity index is 0.000000105. The quantitative estimate of drug-likeness (QED) is 0.142. The minimum atomic E-state index is 0.889. The first-order valence-electron chi connectivity index (χ1n) is 42.1. The molecule has 4 heterocycles. The summed E-state index contributed by atoms with van der Waals surface area (Å²) in [6.45, 7) is 0. The predicted molar refractivity (Wildman–Crippen MR) is 520 cm³/mol. The predicted octanol–water partition coefficient (Wildman–Crippen LogP) is 33.9. The molecule has 0 aliphatic heterocycles. The summed E-state index contributed by atoms with van der Waals surface area (Å²) < 4.78 is 19.5. The number of pyridine rings is 1. The standard InChI is InChI=1S/C46H28O.C37H23NO.C36H22O/c1-3-13-31-25-33(23-21-29(31)11-1)35-27-41(46-40-19-9-10-20-42(40)47-43(46)28-35)45-38-17-7-5-15-36(38)44(37-16-6-8-18-39(37)45)34-24-22-30-12-2-4-14-32(30)26-34;1-2-11-24(12-3-1)34-27-14-4-6-16-29(27)35(30-17-7-5-15-28(30)34)32-21-20-26(25-13-10-22-38-23-25)37-36(32)31-18-8-9-19-33(31)39-37;1-2-11-24-22-25(21-20-23(24)10-1)34-26-12-3-5-14-28(26)35(29-15-6-4-13-27(29)34)31-17-9-19-33-36(31)30-16-7-8-18-32(30)37-33/h1-28H;1-23H;1-22H. The SMILES string of the molecule is c1ccc(-c2c3ccccc3c(-c3ccc(-c4cccnc4)c4oc5ccccc5c34)c3ccccc23)cc1.c1ccc2cc(-c3c4ccccc4c(-c4cccc5oc6ccccc6c45)c4ccccc34)ccc2c1.c1ccc2cc(-c3cc(-c4c5ccccc5c(-c5ccc6ccccc6c5)c5ccccc45)c4c(c3)oc3ccccc34)ccc2c1. The third-order valence-corrected chi connectivity index (χ3v) is 25.2. The number of furan rings is 3. The molecule has 0 amide bonds. The normalized spacial score (nSPS) is 11.7. The molecule has 0 radical (unpaired) electrons. The minimum absolute atomic E-state index is 0.889. The molecule has 0 aliphatic rings. The van der Waals surface area contributed by atoms with Crippen molar-refractivity contribution in [1.82, 2.24) is 4.98 Å². The largest absolute Gasteiger partial charge is 0.456 e. The maximum absolute atomic E-state index is 6.62. The summed E-state index contributed by atoms with van der Waals surface area (Å²) >= 11 is 0. The zero-order chi connectivity index (χ0) is 81.0. The van der Waals surface area contributed by atoms with Gasteiger partial charge in [0.1, 0.15) is 33.5 Å². The van der Waals surface area contributed by atoms with E-state index >= 15 is 0 Å². The lowest BCUT2D eigenvalue weighted by Gasteiger charge is -2.19. The number of benzene rings is 22. The third kappa shape index (κ3) is 11.9. The number of nitrogens with zero attached hydrogens (tertiary/aromatic N) is 1. The first kappa shape index (κ1) is 70.9. The van der Waals surface area contributed by atoms with Crippen molar-refractivity contribution in [3.8, 4) is 89.0 Å². The molecule has 572 valence electrons. The van der Waals surface area contributed by atoms with Gasteiger partial charge in [-0.15, -0.1) is 0 Å². The molecule has 0 saturated carbocycles. The van der Waals surface area contributed by atoms with Crippen molar-refractivity contribution in [3.05, 3.63) is 443 Å². The van der Waals surface area contributed by atoms with Crippen LogP contribution in [0.3, 0.4) is 0 Å². The van der Waals surface area contributed by atoms with Crippen LogP contribution in [0, 0.1) is 0 Å². The maximum Gasteiger partial charge on any atom is 0.143 e. The molecular weight excluding hydrogens is 1490 g/mol. The summed E-state index contributed by atoms with van der Waals surface area (Å²) in [6, 6.07) is 155. The minimum Gasteiger partial charge on any atom is -0.456 e. The Morgan fingerprint density at radius 2 is 0.480 bits per heavy atom. The number of hydrogen-bond acceptors (Lipinski definition) is 4. The third-order valence-electron chi connectivity index (χ3n) is 25.2. The highest BCUT2D eigenvalue weighted by molar-refractivity contribution is 6.30. The van der Waals surface area contributed by atoms with Gasteiger partial charge in [-0.3, -0.25) is 4.98 Å². The van der Waals surface area contributed by atoms with E-state index in [0.29, 0.717) is 0 Å². The first-order chi connectivity index (χ1) is 61.0. The average molecular weight is 1560 g/mol. The fourth-order valence-electron chi connectivity index (χ4n) is 19.8. The second-order valence-corrected chi connectivity index (χ2v) is 32.1. The van der Waals surface area contributed by atoms with Crippen LogP contribution in [0.1, 0.15) is 0 Å². The van der Waals surface area contributed by atoms with Crippen molar-refractivity contribution in [3.63, 3.8) is 0 Å². The first-order valence-corrected chi connectivity index (χ1v) is 42.1. The highest BCUT2D eigenvalue weighted by Gasteiger charge is 2.27. The van der Waals surface area contributed by atoms with Crippen LogP contribution in [0.4, 0.5) is 0 Å². The number of para-hydroxylation sites is 3. The Hall–Kier alpha value is -16.3. The zero-order valence-electron chi connectivity index (χ0n) is 66.8. The van der Waals surface area contributed by atoms with Crippen molar-refractivity contribution in [1.29, 1.82) is 0 Å². The van der Waals surface area contributed by atoms with Crippen molar-refractivity contribution in [2.75, 3.05) is 0 Å². The smallest absolute Gasteiger partial charge is 0.143 e. The van der Waals surface area contributed by atoms with Gasteiger partial charge >= 0.3 is 0 Å². The van der Waals surface area contributed by atoms with Gasteiger partial charge in [0.15, 0.2) is 0 Å². The van der Waals surface area contributed by atoms with Gasteiger partial charge in [0.05, 0.1) is 0 Å². The molecule has 0 N–H and O–H groups in total. The van der Waals surface area contributed by atoms with Gasteiger partial charge < -0.3 is 13.3 Å². The van der Waals surface area contributed by atoms with E-state index in [1.165, 1.54) is 175 Å². The molecule has 0 bridgehead atoms. The van der Waals surface area contributed by atoms with E-state index in [4.69, 9.17) is 13.3 Å². The Kier molecular flexibility index (Phi) is 16.9. The van der Waals surface area contributed by atoms with Crippen LogP contribution in [0.15, 0.2) is 456 Å². The lowest BCUT2D eigenvalue weighted by atomic mass is 9.84. The second kappa shape index (κ2) is 29.4. The fraction of sp³-hybridized carbons (Fsp3) is 0. The number of rotatable bonds is 8. The summed E-state index contributed by atoms with van der Waals surface area (Å²) in [6.07, 6.45) is 3.71. The summed E-state index contributed by atoms with van der Waals surface area (Å²) in [7, 11) is 0. The van der Waals surface area contributed by atoms with Gasteiger partial charge in [0, 0.05) is 55.8 Å². The molecule has 123 heavy (non-hydrogen) atoms. The summed E-state index contributed by atoms with van der Waals surface area (Å²) in [5.41, 5.74) is 24.6. The molecule has 0 unspecified atom stereocenters. The molecule has 26 aromatic rings. The fourth-order valence-corrected chi connectivity index (χ4v) is 19.8. The average Bonchev–Trinajstić information content (AvgIpc) is 1.68. The van der Waals surface area contributed by atoms with Gasteiger partial charge in [-0.1, -0.05) is 364 Å². The second-order valence-electron chi connectivity index (χ2n) is 32.1. The van der Waals surface area contributed by atoms with Gasteiger partial charge in [-0.2, -0.15) is 0 Å². The van der Waals surface area contributed by atoms with Crippen LogP contribution in [0.2, 0.25) is 0 Å². The lowest BCUT2D eigenvalue weighted by Crippen LogP contribution is -1.92. The van der Waals surface area contributed by atoms with Crippen LogP contribution >= 0.6 is 0 Å². The summed E-state index contributed by atoms with van der Waals surface area (Å²) in [5, 5.41) is 29.3. The van der Waals surface area contributed by atoms with Crippen molar-refractivity contribution >= 4 is 163 Å². The van der Waals surface area contributed by atoms with E-state index in [1.807, 2.05) is 24.4 Å². The van der Waals surface area contributed by atoms with Crippen LogP contribution in [-0.4, -0.2) is 4.98 Å². The Labute approximate surface area is 708 Å². The molecular formula is C119H73NO3. The van der Waals surface area contributed by atoms with Crippen molar-refractivity contribution in [2.24, 2.45) is 0 Å².